The number of carbonyl (C=O) groups is 2. The van der Waals surface area contributed by atoms with Crippen LogP contribution in [0.3, 0.4) is 0 Å². The molecule has 1 aliphatic rings. The summed E-state index contributed by atoms with van der Waals surface area (Å²) in [6.07, 6.45) is 0.174. The van der Waals surface area contributed by atoms with Gasteiger partial charge in [0.2, 0.25) is 5.91 Å². The first-order valence-electron chi connectivity index (χ1n) is 10.8. The van der Waals surface area contributed by atoms with Crippen LogP contribution < -0.4 is 16.1 Å². The molecule has 0 saturated carbocycles. The minimum absolute atomic E-state index is 0.174. The highest BCUT2D eigenvalue weighted by molar-refractivity contribution is 6.40. The van der Waals surface area contributed by atoms with E-state index in [4.69, 9.17) is 10.5 Å². The highest BCUT2D eigenvalue weighted by Gasteiger charge is 2.34. The van der Waals surface area contributed by atoms with Gasteiger partial charge in [-0.25, -0.2) is 0 Å². The molecular weight excluding hydrogens is 416 g/mol. The van der Waals surface area contributed by atoms with E-state index in [9.17, 15) is 9.59 Å². The third-order valence-electron chi connectivity index (χ3n) is 5.38. The van der Waals surface area contributed by atoms with Crippen LogP contribution >= 0.6 is 0 Å². The number of nitrogens with one attached hydrogen (secondary N) is 1. The number of amides is 2. The molecule has 0 aliphatic carbocycles. The van der Waals surface area contributed by atoms with Gasteiger partial charge < -0.3 is 15.8 Å². The zero-order valence-electron chi connectivity index (χ0n) is 18.2. The Kier molecular flexibility index (Phi) is 7.12. The maximum absolute atomic E-state index is 12.7. The minimum atomic E-state index is -0.677. The lowest BCUT2D eigenvalue weighted by molar-refractivity contribution is -0.119. The Balaban J connectivity index is 1.29. The Labute approximate surface area is 192 Å². The van der Waals surface area contributed by atoms with Gasteiger partial charge >= 0.3 is 0 Å². The molecule has 3 aromatic carbocycles. The molecule has 0 saturated heterocycles. The van der Waals surface area contributed by atoms with Gasteiger partial charge in [0, 0.05) is 13.0 Å². The van der Waals surface area contributed by atoms with Crippen molar-refractivity contribution in [1.82, 2.24) is 5.32 Å². The lowest BCUT2D eigenvalue weighted by atomic mass is 10.1. The topological polar surface area (TPSA) is 97.0 Å². The lowest BCUT2D eigenvalue weighted by Gasteiger charge is -2.20. The number of nitrogens with zero attached hydrogens (tertiary/aromatic N) is 2. The molecule has 3 N–H and O–H groups in total. The van der Waals surface area contributed by atoms with Crippen LogP contribution in [0.4, 0.5) is 5.69 Å². The molecule has 0 radical (unpaired) electrons. The lowest BCUT2D eigenvalue weighted by Crippen LogP contribution is -2.39. The first kappa shape index (κ1) is 22.2. The van der Waals surface area contributed by atoms with E-state index in [1.807, 2.05) is 84.9 Å². The number of rotatable bonds is 9. The van der Waals surface area contributed by atoms with E-state index >= 15 is 0 Å². The summed E-state index contributed by atoms with van der Waals surface area (Å²) in [6, 6.07) is 26.5. The molecule has 1 heterocycles. The van der Waals surface area contributed by atoms with Gasteiger partial charge in [0.1, 0.15) is 11.8 Å². The number of hydrogen-bond acceptors (Lipinski definition) is 5. The van der Waals surface area contributed by atoms with E-state index in [0.717, 1.165) is 16.7 Å². The first-order chi connectivity index (χ1) is 16.1. The smallest absolute Gasteiger partial charge is 0.267 e. The Bertz CT molecular complexity index is 1120. The van der Waals surface area contributed by atoms with Crippen molar-refractivity contribution in [2.24, 2.45) is 10.8 Å². The number of hydrogen-bond donors (Lipinski definition) is 2. The number of anilines is 1. The number of benzene rings is 3. The SMILES string of the molecule is NC(=O)C1CC(C(=O)NCc2ccc(COCc3ccccc3)cc2)=NN1c1ccccc1. The van der Waals surface area contributed by atoms with Crippen LogP contribution in [0, 0.1) is 0 Å². The van der Waals surface area contributed by atoms with Crippen molar-refractivity contribution >= 4 is 23.2 Å². The van der Waals surface area contributed by atoms with Gasteiger partial charge in [-0.3, -0.25) is 14.6 Å². The average molecular weight is 443 g/mol. The molecule has 0 spiro atoms. The fourth-order valence-electron chi connectivity index (χ4n) is 3.59. The number of primary amides is 1. The van der Waals surface area contributed by atoms with Gasteiger partial charge in [0.05, 0.1) is 18.9 Å². The van der Waals surface area contributed by atoms with Gasteiger partial charge in [-0.1, -0.05) is 72.8 Å². The monoisotopic (exact) mass is 442 g/mol. The summed E-state index contributed by atoms with van der Waals surface area (Å²) in [5.41, 5.74) is 9.69. The van der Waals surface area contributed by atoms with Crippen molar-refractivity contribution < 1.29 is 14.3 Å². The fourth-order valence-corrected chi connectivity index (χ4v) is 3.59. The summed E-state index contributed by atoms with van der Waals surface area (Å²) in [6.45, 7) is 1.44. The maximum Gasteiger partial charge on any atom is 0.267 e. The van der Waals surface area contributed by atoms with Gasteiger partial charge in [-0.2, -0.15) is 5.10 Å². The molecule has 0 fully saturated rings. The van der Waals surface area contributed by atoms with Crippen molar-refractivity contribution in [3.63, 3.8) is 0 Å². The van der Waals surface area contributed by atoms with Gasteiger partial charge in [-0.15, -0.1) is 0 Å². The van der Waals surface area contributed by atoms with Crippen LogP contribution in [0.2, 0.25) is 0 Å². The summed E-state index contributed by atoms with van der Waals surface area (Å²) in [4.78, 5) is 24.6. The number of nitrogens with two attached hydrogens (primary N) is 1. The van der Waals surface area contributed by atoms with Crippen molar-refractivity contribution in [3.05, 3.63) is 102 Å². The molecule has 168 valence electrons. The van der Waals surface area contributed by atoms with Crippen LogP contribution in [0.25, 0.3) is 0 Å². The van der Waals surface area contributed by atoms with E-state index in [-0.39, 0.29) is 18.0 Å². The Morgan fingerprint density at radius 3 is 2.09 bits per heavy atom. The molecule has 3 aromatic rings. The van der Waals surface area contributed by atoms with Crippen LogP contribution in [0.15, 0.2) is 90.0 Å². The van der Waals surface area contributed by atoms with E-state index in [2.05, 4.69) is 10.4 Å². The van der Waals surface area contributed by atoms with E-state index in [1.54, 1.807) is 0 Å². The molecule has 1 unspecified atom stereocenters. The molecule has 0 bridgehead atoms. The van der Waals surface area contributed by atoms with Crippen LogP contribution in [-0.2, 0) is 34.1 Å². The number of carbonyl (C=O) groups excluding carboxylic acids is 2. The Morgan fingerprint density at radius 2 is 1.45 bits per heavy atom. The summed E-state index contributed by atoms with van der Waals surface area (Å²) in [7, 11) is 0. The standard InChI is InChI=1S/C26H26N4O3/c27-25(31)24-15-23(29-30(24)22-9-5-2-6-10-22)26(32)28-16-19-11-13-21(14-12-19)18-33-17-20-7-3-1-4-8-20/h1-14,24H,15-18H2,(H2,27,31)(H,28,32). The molecule has 4 rings (SSSR count). The molecule has 1 atom stereocenters. The second-order valence-corrected chi connectivity index (χ2v) is 7.83. The summed E-state index contributed by atoms with van der Waals surface area (Å²) >= 11 is 0. The highest BCUT2D eigenvalue weighted by atomic mass is 16.5. The van der Waals surface area contributed by atoms with Crippen LogP contribution in [0.1, 0.15) is 23.1 Å². The predicted octanol–water partition coefficient (Wildman–Crippen LogP) is 3.14. The first-order valence-corrected chi connectivity index (χ1v) is 10.8. The molecule has 7 heteroatoms. The van der Waals surface area contributed by atoms with Crippen LogP contribution in [-0.4, -0.2) is 23.6 Å². The van der Waals surface area contributed by atoms with Crippen molar-refractivity contribution in [1.29, 1.82) is 0 Å². The third-order valence-corrected chi connectivity index (χ3v) is 5.38. The van der Waals surface area contributed by atoms with E-state index in [1.165, 1.54) is 5.01 Å². The second-order valence-electron chi connectivity index (χ2n) is 7.83. The van der Waals surface area contributed by atoms with E-state index < -0.39 is 11.9 Å². The fraction of sp³-hybridized carbons (Fsp3) is 0.192. The Morgan fingerprint density at radius 1 is 0.879 bits per heavy atom. The summed E-state index contributed by atoms with van der Waals surface area (Å²) < 4.78 is 5.76. The number of hydrazone groups is 1. The number of para-hydroxylation sites is 1. The molecule has 1 aliphatic heterocycles. The largest absolute Gasteiger partial charge is 0.372 e. The van der Waals surface area contributed by atoms with Crippen molar-refractivity contribution in [2.75, 3.05) is 5.01 Å². The zero-order chi connectivity index (χ0) is 23.0. The van der Waals surface area contributed by atoms with Gasteiger partial charge in [0.15, 0.2) is 0 Å². The Hall–Kier alpha value is -3.97. The van der Waals surface area contributed by atoms with Crippen molar-refractivity contribution in [3.8, 4) is 0 Å². The maximum atomic E-state index is 12.7. The van der Waals surface area contributed by atoms with E-state index in [0.29, 0.717) is 25.4 Å². The van der Waals surface area contributed by atoms with Gasteiger partial charge in [0.25, 0.3) is 5.91 Å². The molecule has 7 nitrogen and oxygen atoms in total. The zero-order valence-corrected chi connectivity index (χ0v) is 18.2. The minimum Gasteiger partial charge on any atom is -0.372 e. The van der Waals surface area contributed by atoms with Crippen molar-refractivity contribution in [2.45, 2.75) is 32.2 Å². The third kappa shape index (κ3) is 5.84. The van der Waals surface area contributed by atoms with Gasteiger partial charge in [-0.05, 0) is 28.8 Å². The molecule has 0 aromatic heterocycles. The average Bonchev–Trinajstić information content (AvgIpc) is 3.31. The summed E-state index contributed by atoms with van der Waals surface area (Å²) in [5, 5.41) is 8.76. The molecule has 33 heavy (non-hydrogen) atoms. The molecular formula is C26H26N4O3. The second kappa shape index (κ2) is 10.6. The van der Waals surface area contributed by atoms with Crippen LogP contribution in [0.5, 0.6) is 0 Å². The molecule has 2 amide bonds. The predicted molar refractivity (Wildman–Crippen MR) is 127 cm³/mol. The quantitative estimate of drug-likeness (QED) is 0.532. The normalized spacial score (nSPS) is 15.2. The summed E-state index contributed by atoms with van der Waals surface area (Å²) in [5.74, 6) is -0.828. The number of ether oxygens (including phenoxy) is 1. The highest BCUT2D eigenvalue weighted by Crippen LogP contribution is 2.24.